The third-order valence-electron chi connectivity index (χ3n) is 3.68. The standard InChI is InChI=1S/C14H30N4O.3ClH/c1-5-17-6-8-18(9-7-17)11-12(2)10-16-13(19)14(3,4)15;;;/h12H,5-11,15H2,1-4H3,(H,16,19);3*1H. The summed E-state index contributed by atoms with van der Waals surface area (Å²) in [6.45, 7) is 15.3. The first-order valence-corrected chi connectivity index (χ1v) is 7.34. The van der Waals surface area contributed by atoms with Gasteiger partial charge in [-0.2, -0.15) is 0 Å². The molecule has 22 heavy (non-hydrogen) atoms. The van der Waals surface area contributed by atoms with Crippen LogP contribution in [-0.4, -0.2) is 67.1 Å². The van der Waals surface area contributed by atoms with Crippen LogP contribution in [0, 0.1) is 5.92 Å². The maximum Gasteiger partial charge on any atom is 0.239 e. The summed E-state index contributed by atoms with van der Waals surface area (Å²) in [5.74, 6) is 0.384. The molecule has 0 radical (unpaired) electrons. The van der Waals surface area contributed by atoms with E-state index in [2.05, 4.69) is 29.0 Å². The van der Waals surface area contributed by atoms with Crippen LogP contribution in [0.1, 0.15) is 27.7 Å². The smallest absolute Gasteiger partial charge is 0.239 e. The van der Waals surface area contributed by atoms with Gasteiger partial charge in [-0.1, -0.05) is 13.8 Å². The van der Waals surface area contributed by atoms with Crippen molar-refractivity contribution in [2.24, 2.45) is 11.7 Å². The predicted molar refractivity (Wildman–Crippen MR) is 101 cm³/mol. The molecule has 0 spiro atoms. The van der Waals surface area contributed by atoms with Crippen LogP contribution in [0.25, 0.3) is 0 Å². The first kappa shape index (κ1) is 27.1. The Morgan fingerprint density at radius 1 is 1.14 bits per heavy atom. The van der Waals surface area contributed by atoms with E-state index in [-0.39, 0.29) is 43.1 Å². The van der Waals surface area contributed by atoms with Crippen LogP contribution in [-0.2, 0) is 4.79 Å². The first-order valence-electron chi connectivity index (χ1n) is 7.34. The predicted octanol–water partition coefficient (Wildman–Crippen LogP) is 1.38. The number of hydrogen-bond acceptors (Lipinski definition) is 4. The normalized spacial score (nSPS) is 17.5. The lowest BCUT2D eigenvalue weighted by atomic mass is 10.1. The van der Waals surface area contributed by atoms with Gasteiger partial charge in [-0.05, 0) is 26.3 Å². The molecule has 1 aliphatic heterocycles. The van der Waals surface area contributed by atoms with E-state index in [1.807, 2.05) is 0 Å². The fourth-order valence-corrected chi connectivity index (χ4v) is 2.29. The van der Waals surface area contributed by atoms with E-state index < -0.39 is 5.54 Å². The van der Waals surface area contributed by atoms with Crippen LogP contribution >= 0.6 is 37.2 Å². The van der Waals surface area contributed by atoms with Crippen molar-refractivity contribution >= 4 is 43.1 Å². The number of carbonyl (C=O) groups excluding carboxylic acids is 1. The molecule has 1 heterocycles. The molecule has 0 saturated carbocycles. The van der Waals surface area contributed by atoms with Crippen LogP contribution in [0.3, 0.4) is 0 Å². The monoisotopic (exact) mass is 378 g/mol. The summed E-state index contributed by atoms with van der Waals surface area (Å²) in [5, 5.41) is 2.93. The molecule has 0 aromatic carbocycles. The van der Waals surface area contributed by atoms with Crippen LogP contribution in [0.2, 0.25) is 0 Å². The van der Waals surface area contributed by atoms with Crippen molar-refractivity contribution in [2.75, 3.05) is 45.8 Å². The van der Waals surface area contributed by atoms with Gasteiger partial charge in [0.15, 0.2) is 0 Å². The number of nitrogens with two attached hydrogens (primary N) is 1. The van der Waals surface area contributed by atoms with Crippen molar-refractivity contribution in [3.63, 3.8) is 0 Å². The Morgan fingerprint density at radius 2 is 1.59 bits per heavy atom. The lowest BCUT2D eigenvalue weighted by Gasteiger charge is -2.35. The molecule has 0 aliphatic carbocycles. The number of carbonyl (C=O) groups is 1. The number of hydrogen-bond donors (Lipinski definition) is 2. The average molecular weight is 380 g/mol. The Morgan fingerprint density at radius 3 is 2.00 bits per heavy atom. The second kappa shape index (κ2) is 12.6. The van der Waals surface area contributed by atoms with Crippen molar-refractivity contribution in [2.45, 2.75) is 33.2 Å². The minimum Gasteiger partial charge on any atom is -0.354 e. The molecular formula is C14H33Cl3N4O. The van der Waals surface area contributed by atoms with E-state index in [9.17, 15) is 4.79 Å². The van der Waals surface area contributed by atoms with Crippen molar-refractivity contribution in [1.29, 1.82) is 0 Å². The highest BCUT2D eigenvalue weighted by Gasteiger charge is 2.22. The Hall–Kier alpha value is 0.220. The largest absolute Gasteiger partial charge is 0.354 e. The molecule has 1 saturated heterocycles. The summed E-state index contributed by atoms with van der Waals surface area (Å²) >= 11 is 0. The molecule has 0 aromatic heterocycles. The number of nitrogens with zero attached hydrogens (tertiary/aromatic N) is 2. The second-order valence-electron chi connectivity index (χ2n) is 6.27. The summed E-state index contributed by atoms with van der Waals surface area (Å²) < 4.78 is 0. The van der Waals surface area contributed by atoms with Crippen molar-refractivity contribution in [3.05, 3.63) is 0 Å². The van der Waals surface area contributed by atoms with Crippen LogP contribution in [0.4, 0.5) is 0 Å². The van der Waals surface area contributed by atoms with E-state index in [1.165, 1.54) is 0 Å². The Balaban J connectivity index is -0.00000120. The maximum absolute atomic E-state index is 11.7. The van der Waals surface area contributed by atoms with E-state index >= 15 is 0 Å². The zero-order valence-electron chi connectivity index (χ0n) is 14.1. The van der Waals surface area contributed by atoms with Gasteiger partial charge < -0.3 is 20.9 Å². The number of halogens is 3. The lowest BCUT2D eigenvalue weighted by Crippen LogP contribution is -2.51. The van der Waals surface area contributed by atoms with Gasteiger partial charge in [-0.15, -0.1) is 37.2 Å². The Labute approximate surface area is 154 Å². The highest BCUT2D eigenvalue weighted by molar-refractivity contribution is 5.86. The number of likely N-dealkylation sites (N-methyl/N-ethyl adjacent to an activating group) is 1. The summed E-state index contributed by atoms with van der Waals surface area (Å²) in [5.41, 5.74) is 4.97. The van der Waals surface area contributed by atoms with Crippen LogP contribution < -0.4 is 11.1 Å². The van der Waals surface area contributed by atoms with E-state index in [0.717, 1.165) is 39.3 Å². The molecule has 1 aliphatic rings. The van der Waals surface area contributed by atoms with Crippen LogP contribution in [0.5, 0.6) is 0 Å². The number of rotatable bonds is 6. The fraction of sp³-hybridized carbons (Fsp3) is 0.929. The fourth-order valence-electron chi connectivity index (χ4n) is 2.29. The molecule has 0 bridgehead atoms. The first-order chi connectivity index (χ1) is 8.82. The number of piperazine rings is 1. The zero-order chi connectivity index (χ0) is 14.5. The van der Waals surface area contributed by atoms with Gasteiger partial charge >= 0.3 is 0 Å². The van der Waals surface area contributed by atoms with Gasteiger partial charge in [0.25, 0.3) is 0 Å². The van der Waals surface area contributed by atoms with Gasteiger partial charge in [0.2, 0.25) is 5.91 Å². The zero-order valence-corrected chi connectivity index (χ0v) is 16.6. The highest BCUT2D eigenvalue weighted by Crippen LogP contribution is 2.05. The SMILES string of the molecule is CCN1CCN(CC(C)CNC(=O)C(C)(C)N)CC1.Cl.Cl.Cl. The molecular weight excluding hydrogens is 347 g/mol. The maximum atomic E-state index is 11.7. The molecule has 1 unspecified atom stereocenters. The highest BCUT2D eigenvalue weighted by atomic mass is 35.5. The van der Waals surface area contributed by atoms with Gasteiger partial charge in [-0.25, -0.2) is 0 Å². The molecule has 8 heteroatoms. The van der Waals surface area contributed by atoms with Crippen molar-refractivity contribution in [1.82, 2.24) is 15.1 Å². The van der Waals surface area contributed by atoms with Crippen molar-refractivity contribution in [3.8, 4) is 0 Å². The molecule has 0 aromatic rings. The quantitative estimate of drug-likeness (QED) is 0.732. The molecule has 5 nitrogen and oxygen atoms in total. The molecule has 136 valence electrons. The molecule has 1 atom stereocenters. The topological polar surface area (TPSA) is 61.6 Å². The minimum absolute atomic E-state index is 0. The van der Waals surface area contributed by atoms with E-state index in [0.29, 0.717) is 12.5 Å². The van der Waals surface area contributed by atoms with Gasteiger partial charge in [0.1, 0.15) is 0 Å². The Kier molecular flexibility index (Phi) is 15.5. The summed E-state index contributed by atoms with van der Waals surface area (Å²) in [7, 11) is 0. The summed E-state index contributed by atoms with van der Waals surface area (Å²) in [4.78, 5) is 16.6. The third kappa shape index (κ3) is 10.1. The van der Waals surface area contributed by atoms with Gasteiger partial charge in [0.05, 0.1) is 5.54 Å². The van der Waals surface area contributed by atoms with E-state index in [1.54, 1.807) is 13.8 Å². The van der Waals surface area contributed by atoms with Crippen molar-refractivity contribution < 1.29 is 4.79 Å². The third-order valence-corrected chi connectivity index (χ3v) is 3.68. The van der Waals surface area contributed by atoms with Crippen LogP contribution in [0.15, 0.2) is 0 Å². The lowest BCUT2D eigenvalue weighted by molar-refractivity contribution is -0.125. The molecule has 1 rings (SSSR count). The second-order valence-corrected chi connectivity index (χ2v) is 6.27. The summed E-state index contributed by atoms with van der Waals surface area (Å²) in [6, 6.07) is 0. The number of nitrogens with one attached hydrogen (secondary N) is 1. The molecule has 3 N–H and O–H groups in total. The Bertz CT molecular complexity index is 292. The minimum atomic E-state index is -0.785. The van der Waals surface area contributed by atoms with E-state index in [4.69, 9.17) is 5.73 Å². The average Bonchev–Trinajstić information content (AvgIpc) is 2.35. The van der Waals surface area contributed by atoms with Gasteiger partial charge in [-0.3, -0.25) is 4.79 Å². The summed E-state index contributed by atoms with van der Waals surface area (Å²) in [6.07, 6.45) is 0. The van der Waals surface area contributed by atoms with Gasteiger partial charge in [0, 0.05) is 39.3 Å². The molecule has 1 amide bonds. The molecule has 1 fully saturated rings. The number of amides is 1.